The molecule has 2 aliphatic rings. The van der Waals surface area contributed by atoms with Gasteiger partial charge in [0.05, 0.1) is 0 Å². The lowest BCUT2D eigenvalue weighted by atomic mass is 9.78. The van der Waals surface area contributed by atoms with Crippen LogP contribution in [-0.4, -0.2) is 23.1 Å². The summed E-state index contributed by atoms with van der Waals surface area (Å²) in [5, 5.41) is 11.4. The van der Waals surface area contributed by atoms with Crippen LogP contribution in [0.5, 0.6) is 0 Å². The largest absolute Gasteiger partial charge is 0.384 e. The number of likely N-dealkylation sites (tertiary alicyclic amines) is 1. The van der Waals surface area contributed by atoms with E-state index >= 15 is 0 Å². The molecule has 1 atom stereocenters. The highest BCUT2D eigenvalue weighted by Gasteiger charge is 2.39. The number of piperidine rings is 1. The lowest BCUT2D eigenvalue weighted by molar-refractivity contribution is -0.0173. The maximum absolute atomic E-state index is 11.4. The van der Waals surface area contributed by atoms with Crippen molar-refractivity contribution in [2.45, 2.75) is 57.0 Å². The van der Waals surface area contributed by atoms with Gasteiger partial charge in [-0.15, -0.1) is 12.4 Å². The first-order chi connectivity index (χ1) is 10.8. The fourth-order valence-corrected chi connectivity index (χ4v) is 3.90. The lowest BCUT2D eigenvalue weighted by Gasteiger charge is -2.33. The fraction of sp³-hybridized carbons (Fsp3) is 0.600. The van der Waals surface area contributed by atoms with Gasteiger partial charge in [-0.3, -0.25) is 0 Å². The normalized spacial score (nSPS) is 21.0. The molecule has 1 unspecified atom stereocenters. The summed E-state index contributed by atoms with van der Waals surface area (Å²) in [6.45, 7) is 2.17. The third-order valence-electron chi connectivity index (χ3n) is 5.26. The van der Waals surface area contributed by atoms with E-state index in [1.165, 1.54) is 32.1 Å². The number of nitrogens with zero attached hydrogens (tertiary/aromatic N) is 1. The predicted molar refractivity (Wildman–Crippen MR) is 97.4 cm³/mol. The van der Waals surface area contributed by atoms with Crippen LogP contribution in [0.1, 0.15) is 56.9 Å². The zero-order valence-electron chi connectivity index (χ0n) is 13.8. The van der Waals surface area contributed by atoms with Crippen LogP contribution in [0.4, 0.5) is 0 Å². The minimum atomic E-state index is -0.777. The lowest BCUT2D eigenvalue weighted by Crippen LogP contribution is -2.33. The van der Waals surface area contributed by atoms with Gasteiger partial charge in [-0.25, -0.2) is 0 Å². The Kier molecular flexibility index (Phi) is 6.81. The van der Waals surface area contributed by atoms with Crippen molar-refractivity contribution in [3.8, 4) is 12.0 Å². The third kappa shape index (κ3) is 4.43. The smallest absolute Gasteiger partial charge is 0.103 e. The highest BCUT2D eigenvalue weighted by Crippen LogP contribution is 2.42. The summed E-state index contributed by atoms with van der Waals surface area (Å²) in [4.78, 5) is 2.23. The molecule has 1 saturated carbocycles. The van der Waals surface area contributed by atoms with Gasteiger partial charge >= 0.3 is 0 Å². The van der Waals surface area contributed by atoms with Crippen molar-refractivity contribution in [2.24, 2.45) is 5.92 Å². The van der Waals surface area contributed by atoms with Gasteiger partial charge in [-0.2, -0.15) is 0 Å². The van der Waals surface area contributed by atoms with E-state index in [0.717, 1.165) is 31.5 Å². The Morgan fingerprint density at radius 1 is 1.00 bits per heavy atom. The van der Waals surface area contributed by atoms with Crippen molar-refractivity contribution < 1.29 is 5.11 Å². The van der Waals surface area contributed by atoms with Gasteiger partial charge in [0.2, 0.25) is 0 Å². The SMILES string of the molecule is Cl.OC(CC#CN1CCCCC1)(c1ccccc1)C1CCCC1. The highest BCUT2D eigenvalue weighted by molar-refractivity contribution is 5.85. The second-order valence-corrected chi connectivity index (χ2v) is 6.78. The number of benzene rings is 1. The van der Waals surface area contributed by atoms with Gasteiger partial charge in [0.15, 0.2) is 0 Å². The van der Waals surface area contributed by atoms with Crippen molar-refractivity contribution in [1.82, 2.24) is 4.90 Å². The van der Waals surface area contributed by atoms with Crippen molar-refractivity contribution in [3.05, 3.63) is 35.9 Å². The maximum Gasteiger partial charge on any atom is 0.103 e. The van der Waals surface area contributed by atoms with Crippen LogP contribution >= 0.6 is 12.4 Å². The molecule has 0 spiro atoms. The summed E-state index contributed by atoms with van der Waals surface area (Å²) in [6.07, 6.45) is 9.10. The van der Waals surface area contributed by atoms with Gasteiger partial charge in [0.1, 0.15) is 5.60 Å². The van der Waals surface area contributed by atoms with E-state index in [-0.39, 0.29) is 12.4 Å². The first-order valence-electron chi connectivity index (χ1n) is 8.80. The van der Waals surface area contributed by atoms with Crippen LogP contribution in [0, 0.1) is 17.9 Å². The van der Waals surface area contributed by atoms with E-state index in [4.69, 9.17) is 0 Å². The van der Waals surface area contributed by atoms with Crippen LogP contribution in [0.15, 0.2) is 30.3 Å². The second kappa shape index (κ2) is 8.62. The Morgan fingerprint density at radius 3 is 2.30 bits per heavy atom. The summed E-state index contributed by atoms with van der Waals surface area (Å²) in [5.41, 5.74) is 0.260. The molecule has 0 aromatic heterocycles. The molecule has 0 radical (unpaired) electrons. The van der Waals surface area contributed by atoms with Gasteiger partial charge in [0.25, 0.3) is 0 Å². The molecule has 1 saturated heterocycles. The molecule has 0 amide bonds. The average Bonchev–Trinajstić information content (AvgIpc) is 3.12. The number of aliphatic hydroxyl groups is 1. The number of hydrogen-bond donors (Lipinski definition) is 1. The molecular formula is C20H28ClNO. The van der Waals surface area contributed by atoms with E-state index in [2.05, 4.69) is 29.0 Å². The minimum Gasteiger partial charge on any atom is -0.384 e. The van der Waals surface area contributed by atoms with E-state index in [1.54, 1.807) is 0 Å². The Bertz CT molecular complexity index is 524. The summed E-state index contributed by atoms with van der Waals surface area (Å²) in [5.74, 6) is 3.65. The predicted octanol–water partition coefficient (Wildman–Crippen LogP) is 4.32. The van der Waals surface area contributed by atoms with E-state index < -0.39 is 5.60 Å². The molecular weight excluding hydrogens is 306 g/mol. The van der Waals surface area contributed by atoms with Crippen molar-refractivity contribution in [3.63, 3.8) is 0 Å². The van der Waals surface area contributed by atoms with E-state index in [0.29, 0.717) is 12.3 Å². The van der Waals surface area contributed by atoms with Crippen LogP contribution in [0.2, 0.25) is 0 Å². The van der Waals surface area contributed by atoms with E-state index in [9.17, 15) is 5.11 Å². The Labute approximate surface area is 146 Å². The quantitative estimate of drug-likeness (QED) is 0.832. The molecule has 3 heteroatoms. The maximum atomic E-state index is 11.4. The molecule has 1 aromatic rings. The summed E-state index contributed by atoms with van der Waals surface area (Å²) < 4.78 is 0. The summed E-state index contributed by atoms with van der Waals surface area (Å²) in [7, 11) is 0. The van der Waals surface area contributed by atoms with Gasteiger partial charge < -0.3 is 10.0 Å². The van der Waals surface area contributed by atoms with Crippen LogP contribution in [0.3, 0.4) is 0 Å². The number of halogens is 1. The average molecular weight is 334 g/mol. The standard InChI is InChI=1S/C20H27NO.ClH/c22-20(19-12-5-6-13-19,18-10-3-1-4-11-18)14-9-17-21-15-7-2-8-16-21;/h1,3-4,10-11,19,22H,2,5-8,12-16H2;1H. The minimum absolute atomic E-state index is 0. The molecule has 0 bridgehead atoms. The second-order valence-electron chi connectivity index (χ2n) is 6.78. The van der Waals surface area contributed by atoms with Crippen molar-refractivity contribution >= 4 is 12.4 Å². The molecule has 1 aromatic carbocycles. The first kappa shape index (κ1) is 18.2. The zero-order chi connectivity index (χ0) is 15.3. The monoisotopic (exact) mass is 333 g/mol. The van der Waals surface area contributed by atoms with Gasteiger partial charge in [-0.05, 0) is 43.6 Å². The van der Waals surface area contributed by atoms with Crippen LogP contribution in [-0.2, 0) is 5.60 Å². The third-order valence-corrected chi connectivity index (χ3v) is 5.26. The Balaban J connectivity index is 0.00000192. The van der Waals surface area contributed by atoms with Crippen LogP contribution in [0.25, 0.3) is 0 Å². The highest BCUT2D eigenvalue weighted by atomic mass is 35.5. The number of hydrogen-bond acceptors (Lipinski definition) is 2. The molecule has 1 aliphatic heterocycles. The van der Waals surface area contributed by atoms with E-state index in [1.807, 2.05) is 18.2 Å². The van der Waals surface area contributed by atoms with Crippen LogP contribution < -0.4 is 0 Å². The van der Waals surface area contributed by atoms with Crippen molar-refractivity contribution in [2.75, 3.05) is 13.1 Å². The van der Waals surface area contributed by atoms with Gasteiger partial charge in [-0.1, -0.05) is 49.1 Å². The zero-order valence-corrected chi connectivity index (χ0v) is 14.7. The fourth-order valence-electron chi connectivity index (χ4n) is 3.90. The van der Waals surface area contributed by atoms with Crippen molar-refractivity contribution in [1.29, 1.82) is 0 Å². The molecule has 1 aliphatic carbocycles. The Morgan fingerprint density at radius 2 is 1.65 bits per heavy atom. The summed E-state index contributed by atoms with van der Waals surface area (Å²) >= 11 is 0. The molecule has 2 fully saturated rings. The topological polar surface area (TPSA) is 23.5 Å². The molecule has 1 heterocycles. The first-order valence-corrected chi connectivity index (χ1v) is 8.80. The molecule has 3 rings (SSSR count). The molecule has 23 heavy (non-hydrogen) atoms. The summed E-state index contributed by atoms with van der Waals surface area (Å²) in [6, 6.07) is 13.5. The molecule has 2 nitrogen and oxygen atoms in total. The van der Waals surface area contributed by atoms with Gasteiger partial charge in [0, 0.05) is 25.6 Å². The Hall–Kier alpha value is -1.17. The number of rotatable bonds is 3. The molecule has 126 valence electrons. The molecule has 1 N–H and O–H groups in total.